The summed E-state index contributed by atoms with van der Waals surface area (Å²) in [5, 5.41) is 2.00. The minimum Gasteiger partial charge on any atom is -0.286 e. The molecular weight excluding hydrogens is 201 g/mol. The van der Waals surface area contributed by atoms with E-state index in [4.69, 9.17) is 0 Å². The van der Waals surface area contributed by atoms with Crippen LogP contribution in [0.4, 0.5) is 4.39 Å². The summed E-state index contributed by atoms with van der Waals surface area (Å²) in [6.45, 7) is 0. The standard InChI is InChI=1S/C10H6FNOS/c11-8-4-2-1-3-7(8)9(13)10-12-5-6-14-10/h1-6H. The summed E-state index contributed by atoms with van der Waals surface area (Å²) in [7, 11) is 0. The monoisotopic (exact) mass is 207 g/mol. The fourth-order valence-electron chi connectivity index (χ4n) is 1.10. The molecule has 0 aliphatic carbocycles. The van der Waals surface area contributed by atoms with Crippen LogP contribution in [0.5, 0.6) is 0 Å². The lowest BCUT2D eigenvalue weighted by Crippen LogP contribution is -2.02. The quantitative estimate of drug-likeness (QED) is 0.708. The molecule has 2 nitrogen and oxygen atoms in total. The highest BCUT2D eigenvalue weighted by molar-refractivity contribution is 7.11. The van der Waals surface area contributed by atoms with Crippen LogP contribution in [0.1, 0.15) is 15.4 Å². The first kappa shape index (κ1) is 9.02. The molecule has 0 amide bonds. The number of nitrogens with zero attached hydrogens (tertiary/aromatic N) is 1. The van der Waals surface area contributed by atoms with Crippen molar-refractivity contribution in [3.05, 3.63) is 52.2 Å². The summed E-state index contributed by atoms with van der Waals surface area (Å²) in [5.74, 6) is -0.870. The summed E-state index contributed by atoms with van der Waals surface area (Å²) in [5.41, 5.74) is 0.0717. The van der Waals surface area contributed by atoms with Crippen LogP contribution in [-0.2, 0) is 0 Å². The van der Waals surface area contributed by atoms with Gasteiger partial charge >= 0.3 is 0 Å². The van der Waals surface area contributed by atoms with Gasteiger partial charge in [0.05, 0.1) is 5.56 Å². The molecule has 1 heterocycles. The van der Waals surface area contributed by atoms with E-state index in [1.54, 1.807) is 17.5 Å². The molecule has 0 atom stereocenters. The van der Waals surface area contributed by atoms with E-state index in [2.05, 4.69) is 4.98 Å². The van der Waals surface area contributed by atoms with Crippen molar-refractivity contribution >= 4 is 17.1 Å². The van der Waals surface area contributed by atoms with E-state index in [0.29, 0.717) is 5.01 Å². The van der Waals surface area contributed by atoms with Gasteiger partial charge in [0.1, 0.15) is 5.82 Å². The van der Waals surface area contributed by atoms with Gasteiger partial charge in [0.25, 0.3) is 0 Å². The van der Waals surface area contributed by atoms with Gasteiger partial charge in [-0.3, -0.25) is 4.79 Å². The number of benzene rings is 1. The first-order valence-corrected chi connectivity index (χ1v) is 4.86. The number of carbonyl (C=O) groups excluding carboxylic acids is 1. The smallest absolute Gasteiger partial charge is 0.224 e. The van der Waals surface area contributed by atoms with Crippen LogP contribution in [0, 0.1) is 5.82 Å². The predicted molar refractivity (Wildman–Crippen MR) is 51.9 cm³/mol. The zero-order chi connectivity index (χ0) is 9.97. The van der Waals surface area contributed by atoms with E-state index in [1.807, 2.05) is 0 Å². The van der Waals surface area contributed by atoms with Gasteiger partial charge in [0, 0.05) is 11.6 Å². The van der Waals surface area contributed by atoms with Gasteiger partial charge in [-0.2, -0.15) is 0 Å². The Morgan fingerprint density at radius 1 is 1.36 bits per heavy atom. The molecule has 2 aromatic rings. The normalized spacial score (nSPS) is 10.1. The van der Waals surface area contributed by atoms with E-state index in [9.17, 15) is 9.18 Å². The Bertz CT molecular complexity index is 453. The molecule has 1 aromatic heterocycles. The Kier molecular flexibility index (Phi) is 2.37. The second kappa shape index (κ2) is 3.67. The number of hydrogen-bond donors (Lipinski definition) is 0. The summed E-state index contributed by atoms with van der Waals surface area (Å²) >= 11 is 1.21. The molecule has 0 saturated carbocycles. The maximum Gasteiger partial charge on any atom is 0.224 e. The largest absolute Gasteiger partial charge is 0.286 e. The van der Waals surface area contributed by atoms with E-state index >= 15 is 0 Å². The third-order valence-electron chi connectivity index (χ3n) is 1.75. The molecule has 0 bridgehead atoms. The number of rotatable bonds is 2. The Morgan fingerprint density at radius 2 is 2.14 bits per heavy atom. The second-order valence-electron chi connectivity index (χ2n) is 2.65. The van der Waals surface area contributed by atoms with Crippen LogP contribution >= 0.6 is 11.3 Å². The van der Waals surface area contributed by atoms with Gasteiger partial charge in [-0.15, -0.1) is 11.3 Å². The van der Waals surface area contributed by atoms with Gasteiger partial charge in [0.15, 0.2) is 5.01 Å². The van der Waals surface area contributed by atoms with E-state index in [-0.39, 0.29) is 11.3 Å². The molecule has 0 spiro atoms. The van der Waals surface area contributed by atoms with Crippen molar-refractivity contribution in [2.45, 2.75) is 0 Å². The predicted octanol–water partition coefficient (Wildman–Crippen LogP) is 2.51. The molecule has 14 heavy (non-hydrogen) atoms. The molecule has 0 aliphatic rings. The van der Waals surface area contributed by atoms with Gasteiger partial charge in [-0.1, -0.05) is 12.1 Å². The van der Waals surface area contributed by atoms with Crippen molar-refractivity contribution in [2.75, 3.05) is 0 Å². The topological polar surface area (TPSA) is 30.0 Å². The molecule has 0 saturated heterocycles. The fraction of sp³-hybridized carbons (Fsp3) is 0. The average Bonchev–Trinajstić information content (AvgIpc) is 2.70. The van der Waals surface area contributed by atoms with Crippen LogP contribution in [-0.4, -0.2) is 10.8 Å². The second-order valence-corrected chi connectivity index (χ2v) is 3.54. The molecule has 4 heteroatoms. The molecule has 0 radical (unpaired) electrons. The maximum absolute atomic E-state index is 13.2. The minimum atomic E-state index is -0.507. The maximum atomic E-state index is 13.2. The number of carbonyl (C=O) groups is 1. The van der Waals surface area contributed by atoms with Crippen molar-refractivity contribution in [1.29, 1.82) is 0 Å². The third kappa shape index (κ3) is 1.56. The molecule has 1 aromatic carbocycles. The van der Waals surface area contributed by atoms with Gasteiger partial charge in [-0.25, -0.2) is 9.37 Å². The molecular formula is C10H6FNOS. The van der Waals surface area contributed by atoms with E-state index in [1.165, 1.54) is 29.7 Å². The highest BCUT2D eigenvalue weighted by atomic mass is 32.1. The molecule has 0 unspecified atom stereocenters. The van der Waals surface area contributed by atoms with Gasteiger partial charge in [-0.05, 0) is 12.1 Å². The zero-order valence-electron chi connectivity index (χ0n) is 7.11. The Morgan fingerprint density at radius 3 is 2.79 bits per heavy atom. The Labute approximate surface area is 84.0 Å². The van der Waals surface area contributed by atoms with E-state index in [0.717, 1.165) is 0 Å². The zero-order valence-corrected chi connectivity index (χ0v) is 7.92. The molecule has 0 N–H and O–H groups in total. The molecule has 0 aliphatic heterocycles. The lowest BCUT2D eigenvalue weighted by Gasteiger charge is -1.97. The summed E-state index contributed by atoms with van der Waals surface area (Å²) in [6, 6.07) is 5.90. The van der Waals surface area contributed by atoms with Crippen LogP contribution in [0.3, 0.4) is 0 Å². The first-order chi connectivity index (χ1) is 6.79. The van der Waals surface area contributed by atoms with Crippen LogP contribution in [0.2, 0.25) is 0 Å². The SMILES string of the molecule is O=C(c1nccs1)c1ccccc1F. The van der Waals surface area contributed by atoms with Crippen molar-refractivity contribution in [3.63, 3.8) is 0 Å². The molecule has 0 fully saturated rings. The number of ketones is 1. The number of halogens is 1. The van der Waals surface area contributed by atoms with Gasteiger partial charge < -0.3 is 0 Å². The summed E-state index contributed by atoms with van der Waals surface area (Å²) in [4.78, 5) is 15.5. The fourth-order valence-corrected chi connectivity index (χ4v) is 1.69. The molecule has 70 valence electrons. The van der Waals surface area contributed by atoms with Crippen LogP contribution in [0.15, 0.2) is 35.8 Å². The van der Waals surface area contributed by atoms with E-state index < -0.39 is 5.82 Å². The van der Waals surface area contributed by atoms with Crippen molar-refractivity contribution < 1.29 is 9.18 Å². The summed E-state index contributed by atoms with van der Waals surface area (Å²) < 4.78 is 13.2. The average molecular weight is 207 g/mol. The highest BCUT2D eigenvalue weighted by Gasteiger charge is 2.14. The Hall–Kier alpha value is -1.55. The summed E-state index contributed by atoms with van der Waals surface area (Å²) in [6.07, 6.45) is 1.53. The minimum absolute atomic E-state index is 0.0717. The van der Waals surface area contributed by atoms with Crippen LogP contribution < -0.4 is 0 Å². The number of hydrogen-bond acceptors (Lipinski definition) is 3. The lowest BCUT2D eigenvalue weighted by molar-refractivity contribution is 0.103. The van der Waals surface area contributed by atoms with Crippen molar-refractivity contribution in [2.24, 2.45) is 0 Å². The van der Waals surface area contributed by atoms with Gasteiger partial charge in [0.2, 0.25) is 5.78 Å². The highest BCUT2D eigenvalue weighted by Crippen LogP contribution is 2.14. The lowest BCUT2D eigenvalue weighted by atomic mass is 10.1. The van der Waals surface area contributed by atoms with Crippen molar-refractivity contribution in [1.82, 2.24) is 4.98 Å². The third-order valence-corrected chi connectivity index (χ3v) is 2.52. The Balaban J connectivity index is 2.42. The molecule has 2 rings (SSSR count). The van der Waals surface area contributed by atoms with Crippen molar-refractivity contribution in [3.8, 4) is 0 Å². The number of thiazole rings is 1. The first-order valence-electron chi connectivity index (χ1n) is 3.98. The number of aromatic nitrogens is 1. The van der Waals surface area contributed by atoms with Crippen LogP contribution in [0.25, 0.3) is 0 Å².